The minimum atomic E-state index is -4.59. The fourth-order valence-electron chi connectivity index (χ4n) is 2.60. The fraction of sp³-hybridized carbons (Fsp3) is 0.421. The largest absolute Gasteiger partial charge is 0.496 e. The molecule has 4 nitrogen and oxygen atoms in total. The van der Waals surface area contributed by atoms with Crippen LogP contribution >= 0.6 is 0 Å². The Kier molecular flexibility index (Phi) is 6.78. The number of rotatable bonds is 7. The number of nitrogens with one attached hydrogen (secondary N) is 1. The third kappa shape index (κ3) is 5.17. The highest BCUT2D eigenvalue weighted by Crippen LogP contribution is 2.38. The number of methoxy groups -OCH3 is 1. The number of hydrogen-bond donors (Lipinski definition) is 2. The van der Waals surface area contributed by atoms with Crippen molar-refractivity contribution in [3.8, 4) is 17.0 Å². The van der Waals surface area contributed by atoms with Gasteiger partial charge in [-0.3, -0.25) is 0 Å². The second-order valence-electron chi connectivity index (χ2n) is 6.45. The minimum absolute atomic E-state index is 0.0470. The highest BCUT2D eigenvalue weighted by atomic mass is 19.4. The Balaban J connectivity index is 2.35. The molecule has 2 N–H and O–H groups in total. The van der Waals surface area contributed by atoms with Gasteiger partial charge < -0.3 is 15.2 Å². The zero-order valence-corrected chi connectivity index (χ0v) is 15.3. The molecule has 1 atom stereocenters. The minimum Gasteiger partial charge on any atom is -0.496 e. The van der Waals surface area contributed by atoms with Crippen LogP contribution in [0.2, 0.25) is 0 Å². The topological polar surface area (TPSA) is 54.4 Å². The number of nitrogens with zero attached hydrogens (tertiary/aromatic N) is 1. The van der Waals surface area contributed by atoms with Crippen LogP contribution in [0.1, 0.15) is 25.1 Å². The molecular formula is C19H22F4N2O2. The Morgan fingerprint density at radius 1 is 1.19 bits per heavy atom. The summed E-state index contributed by atoms with van der Waals surface area (Å²) in [7, 11) is 1.16. The maximum absolute atomic E-state index is 14.1. The first-order chi connectivity index (χ1) is 12.7. The molecule has 0 saturated heterocycles. The van der Waals surface area contributed by atoms with E-state index in [0.717, 1.165) is 13.2 Å². The van der Waals surface area contributed by atoms with Crippen LogP contribution in [-0.4, -0.2) is 29.8 Å². The molecule has 148 valence electrons. The molecule has 0 bridgehead atoms. The van der Waals surface area contributed by atoms with E-state index in [9.17, 15) is 22.7 Å². The summed E-state index contributed by atoms with van der Waals surface area (Å²) >= 11 is 0. The maximum atomic E-state index is 14.1. The number of benzene rings is 1. The van der Waals surface area contributed by atoms with Crippen molar-refractivity contribution >= 4 is 0 Å². The average molecular weight is 386 g/mol. The lowest BCUT2D eigenvalue weighted by molar-refractivity contribution is -0.138. The summed E-state index contributed by atoms with van der Waals surface area (Å²) in [6.07, 6.45) is -4.59. The van der Waals surface area contributed by atoms with Crippen LogP contribution in [-0.2, 0) is 12.7 Å². The van der Waals surface area contributed by atoms with Crippen LogP contribution < -0.4 is 10.1 Å². The summed E-state index contributed by atoms with van der Waals surface area (Å²) in [6.45, 7) is 3.74. The number of hydrogen-bond acceptors (Lipinski definition) is 4. The van der Waals surface area contributed by atoms with E-state index >= 15 is 0 Å². The van der Waals surface area contributed by atoms with Crippen molar-refractivity contribution in [1.82, 2.24) is 10.3 Å². The molecule has 0 aliphatic heterocycles. The molecular weight excluding hydrogens is 364 g/mol. The number of aliphatic hydroxyl groups is 1. The molecule has 1 aromatic carbocycles. The lowest BCUT2D eigenvalue weighted by atomic mass is 10.0. The number of aliphatic hydroxyl groups excluding tert-OH is 1. The molecule has 0 aliphatic carbocycles. The molecule has 1 aromatic heterocycles. The monoisotopic (exact) mass is 386 g/mol. The Morgan fingerprint density at radius 2 is 1.89 bits per heavy atom. The molecule has 2 rings (SSSR count). The van der Waals surface area contributed by atoms with Gasteiger partial charge in [-0.25, -0.2) is 9.37 Å². The van der Waals surface area contributed by atoms with Crippen LogP contribution in [0.25, 0.3) is 11.3 Å². The normalized spacial score (nSPS) is 13.1. The third-order valence-corrected chi connectivity index (χ3v) is 4.25. The summed E-state index contributed by atoms with van der Waals surface area (Å²) in [5, 5.41) is 12.3. The standard InChI is InChI=1S/C19H22F4N2O2/c1-11(2)17(10-26)24-9-16-14(20)5-6-15(25-16)12-4-7-18(27-3)13(8-12)19(21,22)23/h4-8,11,17,24,26H,9-10H2,1-3H3/t17-/m0/s1. The lowest BCUT2D eigenvalue weighted by Crippen LogP contribution is -2.36. The first-order valence-corrected chi connectivity index (χ1v) is 8.42. The summed E-state index contributed by atoms with van der Waals surface area (Å²) in [5.74, 6) is -0.744. The molecule has 0 fully saturated rings. The van der Waals surface area contributed by atoms with Crippen LogP contribution in [0.5, 0.6) is 5.75 Å². The van der Waals surface area contributed by atoms with Crippen molar-refractivity contribution in [3.63, 3.8) is 0 Å². The number of halogens is 4. The average Bonchev–Trinajstić information content (AvgIpc) is 2.62. The zero-order chi connectivity index (χ0) is 20.2. The van der Waals surface area contributed by atoms with Gasteiger partial charge in [-0.2, -0.15) is 13.2 Å². The summed E-state index contributed by atoms with van der Waals surface area (Å²) in [4.78, 5) is 4.16. The van der Waals surface area contributed by atoms with Crippen molar-refractivity contribution in [3.05, 3.63) is 47.4 Å². The second kappa shape index (κ2) is 8.67. The van der Waals surface area contributed by atoms with E-state index in [1.807, 2.05) is 13.8 Å². The van der Waals surface area contributed by atoms with Crippen molar-refractivity contribution < 1.29 is 27.4 Å². The van der Waals surface area contributed by atoms with Gasteiger partial charge in [-0.1, -0.05) is 13.8 Å². The van der Waals surface area contributed by atoms with Gasteiger partial charge in [0, 0.05) is 18.2 Å². The summed E-state index contributed by atoms with van der Waals surface area (Å²) in [5.41, 5.74) is -0.442. The highest BCUT2D eigenvalue weighted by Gasteiger charge is 2.34. The SMILES string of the molecule is COc1ccc(-c2ccc(F)c(CN[C@@H](CO)C(C)C)n2)cc1C(F)(F)F. The van der Waals surface area contributed by atoms with Crippen LogP contribution in [0.3, 0.4) is 0 Å². The van der Waals surface area contributed by atoms with Gasteiger partial charge in [-0.15, -0.1) is 0 Å². The van der Waals surface area contributed by atoms with Crippen molar-refractivity contribution in [2.75, 3.05) is 13.7 Å². The zero-order valence-electron chi connectivity index (χ0n) is 15.3. The van der Waals surface area contributed by atoms with E-state index in [1.54, 1.807) is 0 Å². The first kappa shape index (κ1) is 21.1. The molecule has 8 heteroatoms. The third-order valence-electron chi connectivity index (χ3n) is 4.25. The molecule has 0 aliphatic rings. The van der Waals surface area contributed by atoms with Gasteiger partial charge in [0.2, 0.25) is 0 Å². The number of ether oxygens (including phenoxy) is 1. The summed E-state index contributed by atoms with van der Waals surface area (Å²) in [6, 6.07) is 5.83. The Hall–Kier alpha value is -2.19. The molecule has 0 amide bonds. The Labute approximate surface area is 155 Å². The van der Waals surface area contributed by atoms with E-state index in [4.69, 9.17) is 4.74 Å². The summed E-state index contributed by atoms with van der Waals surface area (Å²) < 4.78 is 58.4. The van der Waals surface area contributed by atoms with Gasteiger partial charge in [0.15, 0.2) is 0 Å². The van der Waals surface area contributed by atoms with Gasteiger partial charge in [0.1, 0.15) is 11.6 Å². The Morgan fingerprint density at radius 3 is 2.44 bits per heavy atom. The smallest absolute Gasteiger partial charge is 0.419 e. The molecule has 0 radical (unpaired) electrons. The maximum Gasteiger partial charge on any atom is 0.419 e. The first-order valence-electron chi connectivity index (χ1n) is 8.42. The van der Waals surface area contributed by atoms with Crippen LogP contribution in [0.15, 0.2) is 30.3 Å². The molecule has 27 heavy (non-hydrogen) atoms. The van der Waals surface area contributed by atoms with E-state index in [2.05, 4.69) is 10.3 Å². The van der Waals surface area contributed by atoms with E-state index < -0.39 is 17.6 Å². The molecule has 1 heterocycles. The van der Waals surface area contributed by atoms with Gasteiger partial charge in [0.05, 0.1) is 30.7 Å². The number of pyridine rings is 1. The van der Waals surface area contributed by atoms with Crippen LogP contribution in [0, 0.1) is 11.7 Å². The predicted octanol–water partition coefficient (Wildman–Crippen LogP) is 4.02. The molecule has 2 aromatic rings. The molecule has 0 saturated carbocycles. The van der Waals surface area contributed by atoms with Gasteiger partial charge >= 0.3 is 6.18 Å². The number of alkyl halides is 3. The fourth-order valence-corrected chi connectivity index (χ4v) is 2.60. The highest BCUT2D eigenvalue weighted by molar-refractivity contribution is 5.62. The second-order valence-corrected chi connectivity index (χ2v) is 6.45. The Bertz CT molecular complexity index is 779. The number of aromatic nitrogens is 1. The van der Waals surface area contributed by atoms with Gasteiger partial charge in [-0.05, 0) is 36.2 Å². The van der Waals surface area contributed by atoms with E-state index in [1.165, 1.54) is 24.3 Å². The van der Waals surface area contributed by atoms with Crippen molar-refractivity contribution in [1.29, 1.82) is 0 Å². The lowest BCUT2D eigenvalue weighted by Gasteiger charge is -2.20. The van der Waals surface area contributed by atoms with Crippen molar-refractivity contribution in [2.45, 2.75) is 32.6 Å². The quantitative estimate of drug-likeness (QED) is 0.706. The molecule has 0 spiro atoms. The molecule has 0 unspecified atom stereocenters. The van der Waals surface area contributed by atoms with Gasteiger partial charge in [0.25, 0.3) is 0 Å². The van der Waals surface area contributed by atoms with Crippen LogP contribution in [0.4, 0.5) is 17.6 Å². The predicted molar refractivity (Wildman–Crippen MR) is 93.7 cm³/mol. The van der Waals surface area contributed by atoms with Crippen molar-refractivity contribution in [2.24, 2.45) is 5.92 Å². The van der Waals surface area contributed by atoms with E-state index in [-0.39, 0.29) is 47.8 Å². The van der Waals surface area contributed by atoms with E-state index in [0.29, 0.717) is 0 Å².